The van der Waals surface area contributed by atoms with E-state index in [2.05, 4.69) is 0 Å². The number of anilines is 1. The van der Waals surface area contributed by atoms with Gasteiger partial charge in [0, 0.05) is 6.42 Å². The predicted octanol–water partition coefficient (Wildman–Crippen LogP) is 3.61. The predicted molar refractivity (Wildman–Crippen MR) is 106 cm³/mol. The van der Waals surface area contributed by atoms with Crippen LogP contribution in [0.1, 0.15) is 24.8 Å². The zero-order valence-electron chi connectivity index (χ0n) is 16.0. The van der Waals surface area contributed by atoms with Crippen LogP contribution in [0.4, 0.5) is 10.5 Å². The van der Waals surface area contributed by atoms with E-state index in [-0.39, 0.29) is 24.9 Å². The van der Waals surface area contributed by atoms with Gasteiger partial charge in [-0.05, 0) is 30.5 Å². The van der Waals surface area contributed by atoms with Gasteiger partial charge in [-0.3, -0.25) is 10.1 Å². The number of para-hydroxylation sites is 2. The smallest absolute Gasteiger partial charge is 0.420 e. The van der Waals surface area contributed by atoms with Crippen LogP contribution in [0.2, 0.25) is 0 Å². The van der Waals surface area contributed by atoms with E-state index in [0.29, 0.717) is 17.7 Å². The third-order valence-corrected chi connectivity index (χ3v) is 5.07. The molecule has 8 heteroatoms. The molecule has 29 heavy (non-hydrogen) atoms. The standard InChI is InChI=1S/C21H22N2O6/c1-28-18-12-6-5-11-17(18)22-20(25)29-19(13-7-8-14-24)21(22,23(26)27)15-16-9-3-2-4-10-16/h2-6,9-12,14,19H,7-8,13,15H2,1H3. The first-order valence-electron chi connectivity index (χ1n) is 9.30. The second-order valence-electron chi connectivity index (χ2n) is 6.78. The minimum absolute atomic E-state index is 0.0453. The van der Waals surface area contributed by atoms with Gasteiger partial charge in [0.05, 0.1) is 24.1 Å². The minimum atomic E-state index is -1.87. The fourth-order valence-electron chi connectivity index (χ4n) is 3.72. The Morgan fingerprint density at radius 1 is 1.21 bits per heavy atom. The van der Waals surface area contributed by atoms with E-state index in [1.54, 1.807) is 48.5 Å². The second kappa shape index (κ2) is 8.72. The van der Waals surface area contributed by atoms with Crippen LogP contribution < -0.4 is 9.64 Å². The second-order valence-corrected chi connectivity index (χ2v) is 6.78. The largest absolute Gasteiger partial charge is 0.495 e. The molecule has 0 bridgehead atoms. The number of hydrogen-bond donors (Lipinski definition) is 0. The quantitative estimate of drug-likeness (QED) is 0.277. The van der Waals surface area contributed by atoms with Crippen molar-refractivity contribution in [1.29, 1.82) is 0 Å². The van der Waals surface area contributed by atoms with Crippen molar-refractivity contribution in [2.45, 2.75) is 37.5 Å². The molecule has 2 aromatic rings. The lowest BCUT2D eigenvalue weighted by Crippen LogP contribution is -2.59. The number of cyclic esters (lactones) is 1. The van der Waals surface area contributed by atoms with Gasteiger partial charge in [-0.1, -0.05) is 42.5 Å². The van der Waals surface area contributed by atoms with Crippen molar-refractivity contribution >= 4 is 18.1 Å². The first-order valence-corrected chi connectivity index (χ1v) is 9.30. The van der Waals surface area contributed by atoms with E-state index in [1.165, 1.54) is 7.11 Å². The van der Waals surface area contributed by atoms with Crippen LogP contribution in [0.5, 0.6) is 5.75 Å². The summed E-state index contributed by atoms with van der Waals surface area (Å²) in [5, 5.41) is 12.5. The zero-order chi connectivity index (χ0) is 20.9. The van der Waals surface area contributed by atoms with Gasteiger partial charge >= 0.3 is 11.8 Å². The molecule has 1 saturated heterocycles. The topological polar surface area (TPSA) is 99.0 Å². The Balaban J connectivity index is 2.13. The van der Waals surface area contributed by atoms with Gasteiger partial charge in [0.1, 0.15) is 12.0 Å². The van der Waals surface area contributed by atoms with Crippen molar-refractivity contribution in [3.05, 3.63) is 70.3 Å². The van der Waals surface area contributed by atoms with E-state index < -0.39 is 22.8 Å². The third kappa shape index (κ3) is 3.78. The Morgan fingerprint density at radius 2 is 1.90 bits per heavy atom. The highest BCUT2D eigenvalue weighted by Crippen LogP contribution is 2.43. The molecule has 1 aliphatic heterocycles. The van der Waals surface area contributed by atoms with Gasteiger partial charge in [-0.15, -0.1) is 0 Å². The van der Waals surface area contributed by atoms with E-state index in [4.69, 9.17) is 9.47 Å². The molecule has 0 aliphatic carbocycles. The third-order valence-electron chi connectivity index (χ3n) is 5.07. The van der Waals surface area contributed by atoms with E-state index in [1.807, 2.05) is 6.07 Å². The number of aldehydes is 1. The van der Waals surface area contributed by atoms with Crippen molar-refractivity contribution in [3.63, 3.8) is 0 Å². The number of rotatable bonds is 9. The van der Waals surface area contributed by atoms with Crippen LogP contribution in [0.3, 0.4) is 0 Å². The van der Waals surface area contributed by atoms with E-state index >= 15 is 0 Å². The number of amides is 1. The highest BCUT2D eigenvalue weighted by Gasteiger charge is 2.66. The monoisotopic (exact) mass is 398 g/mol. The molecule has 2 aromatic carbocycles. The Morgan fingerprint density at radius 3 is 2.55 bits per heavy atom. The molecule has 0 saturated carbocycles. The van der Waals surface area contributed by atoms with Gasteiger partial charge in [0.15, 0.2) is 6.10 Å². The fraction of sp³-hybridized carbons (Fsp3) is 0.333. The molecule has 1 heterocycles. The van der Waals surface area contributed by atoms with Gasteiger partial charge in [0.25, 0.3) is 0 Å². The summed E-state index contributed by atoms with van der Waals surface area (Å²) in [5.74, 6) is 0.331. The van der Waals surface area contributed by atoms with Crippen molar-refractivity contribution in [1.82, 2.24) is 0 Å². The lowest BCUT2D eigenvalue weighted by Gasteiger charge is -2.31. The van der Waals surface area contributed by atoms with E-state index in [9.17, 15) is 19.7 Å². The normalized spacial score (nSPS) is 20.9. The molecular weight excluding hydrogens is 376 g/mol. The molecule has 152 valence electrons. The van der Waals surface area contributed by atoms with Crippen LogP contribution in [0.15, 0.2) is 54.6 Å². The number of nitro groups is 1. The summed E-state index contributed by atoms with van der Waals surface area (Å²) in [6.07, 6.45) is -0.304. The summed E-state index contributed by atoms with van der Waals surface area (Å²) in [7, 11) is 1.44. The number of hydrogen-bond acceptors (Lipinski definition) is 6. The molecule has 2 unspecified atom stereocenters. The lowest BCUT2D eigenvalue weighted by atomic mass is 9.90. The number of carbonyl (C=O) groups excluding carboxylic acids is 2. The highest BCUT2D eigenvalue weighted by atomic mass is 16.7. The maximum atomic E-state index is 12.9. The Bertz CT molecular complexity index is 888. The van der Waals surface area contributed by atoms with Crippen molar-refractivity contribution in [3.8, 4) is 5.75 Å². The summed E-state index contributed by atoms with van der Waals surface area (Å²) < 4.78 is 10.8. The van der Waals surface area contributed by atoms with Gasteiger partial charge in [-0.25, -0.2) is 9.69 Å². The first kappa shape index (κ1) is 20.3. The summed E-state index contributed by atoms with van der Waals surface area (Å²) >= 11 is 0. The fourth-order valence-corrected chi connectivity index (χ4v) is 3.72. The van der Waals surface area contributed by atoms with Gasteiger partial charge in [-0.2, -0.15) is 0 Å². The Hall–Kier alpha value is -3.42. The number of methoxy groups -OCH3 is 1. The SMILES string of the molecule is COc1ccccc1N1C(=O)OC(CCCC=O)C1(Cc1ccccc1)[N+](=O)[O-]. The van der Waals surface area contributed by atoms with Crippen LogP contribution in [-0.4, -0.2) is 36.2 Å². The molecule has 1 amide bonds. The molecule has 0 N–H and O–H groups in total. The zero-order valence-corrected chi connectivity index (χ0v) is 16.0. The van der Waals surface area contributed by atoms with Crippen LogP contribution in [-0.2, 0) is 16.0 Å². The average molecular weight is 398 g/mol. The van der Waals surface area contributed by atoms with Crippen LogP contribution in [0.25, 0.3) is 0 Å². The molecule has 1 fully saturated rings. The summed E-state index contributed by atoms with van der Waals surface area (Å²) in [6.45, 7) is 0. The van der Waals surface area contributed by atoms with E-state index in [0.717, 1.165) is 11.2 Å². The summed E-state index contributed by atoms with van der Waals surface area (Å²) in [5.41, 5.74) is -0.899. The molecule has 8 nitrogen and oxygen atoms in total. The van der Waals surface area contributed by atoms with Gasteiger partial charge < -0.3 is 14.3 Å². The summed E-state index contributed by atoms with van der Waals surface area (Å²) in [4.78, 5) is 36.8. The highest BCUT2D eigenvalue weighted by molar-refractivity contribution is 5.93. The van der Waals surface area contributed by atoms with Crippen LogP contribution >= 0.6 is 0 Å². The molecule has 0 aromatic heterocycles. The van der Waals surface area contributed by atoms with Crippen molar-refractivity contribution in [2.24, 2.45) is 0 Å². The minimum Gasteiger partial charge on any atom is -0.495 e. The first-order chi connectivity index (χ1) is 14.0. The Kier molecular flexibility index (Phi) is 6.11. The van der Waals surface area contributed by atoms with Crippen LogP contribution in [0, 0.1) is 10.1 Å². The molecular formula is C21H22N2O6. The number of unbranched alkanes of at least 4 members (excludes halogenated alkanes) is 1. The number of ether oxygens (including phenoxy) is 2. The van der Waals surface area contributed by atoms with Gasteiger partial charge in [0.2, 0.25) is 0 Å². The number of benzene rings is 2. The molecule has 0 spiro atoms. The average Bonchev–Trinajstić information content (AvgIpc) is 3.01. The van der Waals surface area contributed by atoms with Crippen molar-refractivity contribution in [2.75, 3.05) is 12.0 Å². The molecule has 0 radical (unpaired) electrons. The Labute approximate surface area is 168 Å². The molecule has 1 aliphatic rings. The molecule has 3 rings (SSSR count). The summed E-state index contributed by atoms with van der Waals surface area (Å²) in [6, 6.07) is 15.6. The number of nitrogens with zero attached hydrogens (tertiary/aromatic N) is 2. The maximum Gasteiger partial charge on any atom is 0.420 e. The molecule has 2 atom stereocenters. The maximum absolute atomic E-state index is 12.9. The number of carbonyl (C=O) groups is 2. The van der Waals surface area contributed by atoms with Crippen molar-refractivity contribution < 1.29 is 24.0 Å². The lowest BCUT2D eigenvalue weighted by molar-refractivity contribution is -0.574.